The van der Waals surface area contributed by atoms with Gasteiger partial charge in [0, 0.05) is 6.42 Å². The predicted octanol–water partition coefficient (Wildman–Crippen LogP) is 2.65. The van der Waals surface area contributed by atoms with Gasteiger partial charge in [-0.05, 0) is 26.3 Å². The number of benzene rings is 1. The predicted molar refractivity (Wildman–Crippen MR) is 68.9 cm³/mol. The molecule has 0 spiro atoms. The molecule has 0 heterocycles. The Balaban J connectivity index is 2.54. The molecule has 1 aromatic rings. The van der Waals surface area contributed by atoms with E-state index in [-0.39, 0.29) is 0 Å². The van der Waals surface area contributed by atoms with Gasteiger partial charge in [0.2, 0.25) is 0 Å². The van der Waals surface area contributed by atoms with Crippen molar-refractivity contribution in [2.45, 2.75) is 38.8 Å². The van der Waals surface area contributed by atoms with Gasteiger partial charge in [-0.3, -0.25) is 0 Å². The van der Waals surface area contributed by atoms with Crippen LogP contribution in [-0.2, 0) is 11.2 Å². The molecule has 0 unspecified atom stereocenters. The number of hydrogen-bond donors (Lipinski definition) is 1. The Morgan fingerprint density at radius 1 is 1.39 bits per heavy atom. The van der Waals surface area contributed by atoms with E-state index in [0.29, 0.717) is 6.42 Å². The average molecular weight is 246 g/mol. The first-order valence-corrected chi connectivity index (χ1v) is 5.84. The minimum Gasteiger partial charge on any atom is -0.444 e. The summed E-state index contributed by atoms with van der Waals surface area (Å²) in [6.07, 6.45) is -0.0960. The summed E-state index contributed by atoms with van der Waals surface area (Å²) < 4.78 is 5.11. The van der Waals surface area contributed by atoms with Crippen LogP contribution in [0.25, 0.3) is 0 Å². The maximum atomic E-state index is 11.5. The smallest absolute Gasteiger partial charge is 0.408 e. The molecule has 0 bridgehead atoms. The molecule has 1 rings (SSSR count). The second-order valence-electron chi connectivity index (χ2n) is 5.02. The third-order valence-corrected chi connectivity index (χ3v) is 2.13. The maximum absolute atomic E-state index is 11.5. The lowest BCUT2D eigenvalue weighted by Crippen LogP contribution is -2.39. The number of carbonyl (C=O) groups is 1. The summed E-state index contributed by atoms with van der Waals surface area (Å²) >= 11 is 0. The lowest BCUT2D eigenvalue weighted by molar-refractivity contribution is 0.0516. The fourth-order valence-corrected chi connectivity index (χ4v) is 1.43. The molecule has 1 amide bonds. The molecular formula is C14H18N2O2. The summed E-state index contributed by atoms with van der Waals surface area (Å²) in [6.45, 7) is 5.35. The molecule has 0 saturated heterocycles. The van der Waals surface area contributed by atoms with Crippen molar-refractivity contribution in [2.75, 3.05) is 0 Å². The zero-order chi connectivity index (χ0) is 13.6. The van der Waals surface area contributed by atoms with Gasteiger partial charge < -0.3 is 10.1 Å². The van der Waals surface area contributed by atoms with Crippen LogP contribution in [0.5, 0.6) is 0 Å². The van der Waals surface area contributed by atoms with E-state index >= 15 is 0 Å². The Morgan fingerprint density at radius 2 is 2.00 bits per heavy atom. The van der Waals surface area contributed by atoms with Gasteiger partial charge in [-0.1, -0.05) is 30.3 Å². The van der Waals surface area contributed by atoms with Gasteiger partial charge in [-0.2, -0.15) is 5.26 Å². The lowest BCUT2D eigenvalue weighted by Gasteiger charge is -2.21. The van der Waals surface area contributed by atoms with Crippen molar-refractivity contribution in [1.29, 1.82) is 5.26 Å². The average Bonchev–Trinajstić information content (AvgIpc) is 2.27. The monoisotopic (exact) mass is 246 g/mol. The molecule has 1 N–H and O–H groups in total. The number of nitrogens with one attached hydrogen (secondary N) is 1. The fraction of sp³-hybridized carbons (Fsp3) is 0.429. The highest BCUT2D eigenvalue weighted by atomic mass is 16.6. The van der Waals surface area contributed by atoms with Gasteiger partial charge in [0.15, 0.2) is 0 Å². The van der Waals surface area contributed by atoms with Gasteiger partial charge in [0.05, 0.1) is 6.07 Å². The Bertz CT molecular complexity index is 429. The van der Waals surface area contributed by atoms with Crippen LogP contribution in [0.3, 0.4) is 0 Å². The number of rotatable bonds is 3. The molecule has 0 aliphatic carbocycles. The van der Waals surface area contributed by atoms with Crippen molar-refractivity contribution in [3.8, 4) is 6.07 Å². The molecule has 4 nitrogen and oxygen atoms in total. The van der Waals surface area contributed by atoms with Crippen LogP contribution in [0.2, 0.25) is 0 Å². The summed E-state index contributed by atoms with van der Waals surface area (Å²) in [5.41, 5.74) is 0.441. The van der Waals surface area contributed by atoms with E-state index in [1.165, 1.54) is 0 Å². The number of nitriles is 1. The highest BCUT2D eigenvalue weighted by Crippen LogP contribution is 2.08. The van der Waals surface area contributed by atoms with E-state index in [1.54, 1.807) is 20.8 Å². The van der Waals surface area contributed by atoms with Crippen LogP contribution in [-0.4, -0.2) is 17.7 Å². The first-order chi connectivity index (χ1) is 8.40. The number of hydrogen-bond acceptors (Lipinski definition) is 3. The molecule has 0 aliphatic rings. The number of alkyl carbamates (subject to hydrolysis) is 1. The Labute approximate surface area is 108 Å². The van der Waals surface area contributed by atoms with Crippen molar-refractivity contribution in [3.05, 3.63) is 35.9 Å². The molecule has 0 aliphatic heterocycles. The minimum atomic E-state index is -0.581. The van der Waals surface area contributed by atoms with Crippen molar-refractivity contribution in [1.82, 2.24) is 5.32 Å². The summed E-state index contributed by atoms with van der Waals surface area (Å²) in [6, 6.07) is 11.0. The zero-order valence-electron chi connectivity index (χ0n) is 10.9. The number of carbonyl (C=O) groups excluding carboxylic acids is 1. The van der Waals surface area contributed by atoms with Gasteiger partial charge in [0.1, 0.15) is 11.6 Å². The van der Waals surface area contributed by atoms with Gasteiger partial charge >= 0.3 is 6.09 Å². The number of nitrogens with zero attached hydrogens (tertiary/aromatic N) is 1. The minimum absolute atomic E-state index is 0.469. The molecule has 0 aromatic heterocycles. The third kappa shape index (κ3) is 5.35. The van der Waals surface area contributed by atoms with Crippen LogP contribution in [0.1, 0.15) is 26.3 Å². The summed E-state index contributed by atoms with van der Waals surface area (Å²) in [5, 5.41) is 11.6. The van der Waals surface area contributed by atoms with E-state index < -0.39 is 17.7 Å². The quantitative estimate of drug-likeness (QED) is 0.891. The fourth-order valence-electron chi connectivity index (χ4n) is 1.43. The summed E-state index contributed by atoms with van der Waals surface area (Å²) in [7, 11) is 0. The van der Waals surface area contributed by atoms with Crippen LogP contribution >= 0.6 is 0 Å². The molecule has 18 heavy (non-hydrogen) atoms. The molecule has 1 aromatic carbocycles. The Morgan fingerprint density at radius 3 is 2.50 bits per heavy atom. The highest BCUT2D eigenvalue weighted by molar-refractivity contribution is 5.68. The second kappa shape index (κ2) is 6.06. The summed E-state index contributed by atoms with van der Waals surface area (Å²) in [4.78, 5) is 11.5. The van der Waals surface area contributed by atoms with Crippen LogP contribution in [0.15, 0.2) is 30.3 Å². The van der Waals surface area contributed by atoms with E-state index in [1.807, 2.05) is 30.3 Å². The SMILES string of the molecule is CC(C)(C)OC(=O)N[C@@H](C#N)Cc1ccccc1. The van der Waals surface area contributed by atoms with E-state index in [4.69, 9.17) is 10.00 Å². The van der Waals surface area contributed by atoms with Crippen molar-refractivity contribution < 1.29 is 9.53 Å². The van der Waals surface area contributed by atoms with E-state index in [0.717, 1.165) is 5.56 Å². The standard InChI is InChI=1S/C14H18N2O2/c1-14(2,3)18-13(17)16-12(10-15)9-11-7-5-4-6-8-11/h4-8,12H,9H2,1-3H3,(H,16,17)/t12-/m1/s1. The van der Waals surface area contributed by atoms with Crippen molar-refractivity contribution in [2.24, 2.45) is 0 Å². The van der Waals surface area contributed by atoms with Gasteiger partial charge in [0.25, 0.3) is 0 Å². The molecule has 1 atom stereocenters. The normalized spacial score (nSPS) is 12.3. The van der Waals surface area contributed by atoms with Crippen molar-refractivity contribution >= 4 is 6.09 Å². The van der Waals surface area contributed by atoms with Crippen LogP contribution in [0, 0.1) is 11.3 Å². The number of amides is 1. The largest absolute Gasteiger partial charge is 0.444 e. The first-order valence-electron chi connectivity index (χ1n) is 5.84. The molecule has 4 heteroatoms. The summed E-state index contributed by atoms with van der Waals surface area (Å²) in [5.74, 6) is 0. The number of ether oxygens (including phenoxy) is 1. The van der Waals surface area contributed by atoms with Crippen LogP contribution < -0.4 is 5.32 Å². The third-order valence-electron chi connectivity index (χ3n) is 2.13. The van der Waals surface area contributed by atoms with Gasteiger partial charge in [-0.15, -0.1) is 0 Å². The Hall–Kier alpha value is -2.02. The van der Waals surface area contributed by atoms with Crippen molar-refractivity contribution in [3.63, 3.8) is 0 Å². The van der Waals surface area contributed by atoms with E-state index in [9.17, 15) is 4.79 Å². The maximum Gasteiger partial charge on any atom is 0.408 e. The van der Waals surface area contributed by atoms with E-state index in [2.05, 4.69) is 11.4 Å². The molecule has 0 radical (unpaired) electrons. The molecule has 0 fully saturated rings. The topological polar surface area (TPSA) is 62.1 Å². The Kier molecular flexibility index (Phi) is 4.73. The molecular weight excluding hydrogens is 228 g/mol. The molecule has 0 saturated carbocycles. The first kappa shape index (κ1) is 14.0. The lowest BCUT2D eigenvalue weighted by atomic mass is 10.1. The highest BCUT2D eigenvalue weighted by Gasteiger charge is 2.19. The zero-order valence-corrected chi connectivity index (χ0v) is 10.9. The second-order valence-corrected chi connectivity index (χ2v) is 5.02. The van der Waals surface area contributed by atoms with Crippen LogP contribution in [0.4, 0.5) is 4.79 Å². The van der Waals surface area contributed by atoms with Gasteiger partial charge in [-0.25, -0.2) is 4.79 Å². The molecule has 96 valence electrons.